The Labute approximate surface area is 150 Å². The zero-order valence-corrected chi connectivity index (χ0v) is 14.8. The molecular weight excluding hydrogens is 371 g/mol. The Morgan fingerprint density at radius 2 is 2.20 bits per heavy atom. The van der Waals surface area contributed by atoms with Gasteiger partial charge in [-0.15, -0.1) is 11.3 Å². The van der Waals surface area contributed by atoms with Crippen LogP contribution in [0.25, 0.3) is 16.2 Å². The normalized spacial score (nSPS) is 11.8. The molecule has 3 aromatic rings. The molecule has 2 heterocycles. The van der Waals surface area contributed by atoms with E-state index in [1.54, 1.807) is 33.8 Å². The van der Waals surface area contributed by atoms with Crippen molar-refractivity contribution < 1.29 is 18.0 Å². The van der Waals surface area contributed by atoms with Crippen molar-refractivity contribution in [3.05, 3.63) is 47.1 Å². The van der Waals surface area contributed by atoms with E-state index in [0.717, 1.165) is 17.9 Å². The molecule has 0 radical (unpaired) electrons. The number of thiazole rings is 1. The Hall–Kier alpha value is -2.00. The zero-order valence-electron chi connectivity index (χ0n) is 13.1. The molecule has 2 aromatic heterocycles. The molecule has 0 aliphatic carbocycles. The standard InChI is InChI=1S/C16H14F3N3OS2/c1-24-6-5-20-14(23)13-9-25-15-21-12(8-22(13)15)10-3-2-4-11(7-10)16(17,18)19/h2-4,7-9H,5-6H2,1H3,(H,20,23). The molecule has 9 heteroatoms. The van der Waals surface area contributed by atoms with E-state index in [2.05, 4.69) is 10.3 Å². The fourth-order valence-electron chi connectivity index (χ4n) is 2.30. The molecular formula is C16H14F3N3OS2. The number of alkyl halides is 3. The highest BCUT2D eigenvalue weighted by Gasteiger charge is 2.30. The van der Waals surface area contributed by atoms with Gasteiger partial charge in [0, 0.05) is 29.4 Å². The maximum absolute atomic E-state index is 12.9. The number of fused-ring (bicyclic) bond motifs is 1. The summed E-state index contributed by atoms with van der Waals surface area (Å²) in [5.41, 5.74) is 0.457. The molecule has 0 atom stereocenters. The van der Waals surface area contributed by atoms with Crippen LogP contribution in [0.4, 0.5) is 13.2 Å². The number of nitrogens with one attached hydrogen (secondary N) is 1. The van der Waals surface area contributed by atoms with Crippen LogP contribution in [0.15, 0.2) is 35.8 Å². The Balaban J connectivity index is 1.91. The van der Waals surface area contributed by atoms with Crippen molar-refractivity contribution >= 4 is 34.0 Å². The van der Waals surface area contributed by atoms with Crippen molar-refractivity contribution in [2.24, 2.45) is 0 Å². The highest BCUT2D eigenvalue weighted by atomic mass is 32.2. The van der Waals surface area contributed by atoms with Gasteiger partial charge in [0.1, 0.15) is 5.69 Å². The van der Waals surface area contributed by atoms with Crippen LogP contribution in [0.3, 0.4) is 0 Å². The van der Waals surface area contributed by atoms with Gasteiger partial charge in [-0.1, -0.05) is 12.1 Å². The number of hydrogen-bond acceptors (Lipinski definition) is 4. The number of thioether (sulfide) groups is 1. The lowest BCUT2D eigenvalue weighted by molar-refractivity contribution is -0.137. The number of nitrogens with zero attached hydrogens (tertiary/aromatic N) is 2. The summed E-state index contributed by atoms with van der Waals surface area (Å²) in [5, 5.41) is 4.49. The second-order valence-corrected chi connectivity index (χ2v) is 7.05. The number of benzene rings is 1. The Kier molecular flexibility index (Phi) is 5.05. The van der Waals surface area contributed by atoms with Crippen LogP contribution in [0.1, 0.15) is 16.1 Å². The van der Waals surface area contributed by atoms with E-state index in [4.69, 9.17) is 0 Å². The number of amides is 1. The van der Waals surface area contributed by atoms with Crippen LogP contribution in [-0.4, -0.2) is 33.8 Å². The Morgan fingerprint density at radius 1 is 1.40 bits per heavy atom. The number of halogens is 3. The first-order valence-corrected chi connectivity index (χ1v) is 9.59. The molecule has 0 unspecified atom stereocenters. The lowest BCUT2D eigenvalue weighted by Gasteiger charge is -2.07. The van der Waals surface area contributed by atoms with Crippen molar-refractivity contribution in [2.45, 2.75) is 6.18 Å². The van der Waals surface area contributed by atoms with E-state index < -0.39 is 11.7 Å². The maximum atomic E-state index is 12.9. The van der Waals surface area contributed by atoms with E-state index >= 15 is 0 Å². The SMILES string of the molecule is CSCCNC(=O)c1csc2nc(-c3cccc(C(F)(F)F)c3)cn12. The third-order valence-electron chi connectivity index (χ3n) is 3.52. The Bertz CT molecular complexity index is 902. The van der Waals surface area contributed by atoms with Crippen LogP contribution < -0.4 is 5.32 Å². The minimum absolute atomic E-state index is 0.228. The number of imidazole rings is 1. The topological polar surface area (TPSA) is 46.4 Å². The summed E-state index contributed by atoms with van der Waals surface area (Å²) in [5.74, 6) is 0.576. The molecule has 3 rings (SSSR count). The molecule has 0 fully saturated rings. The van der Waals surface area contributed by atoms with Crippen LogP contribution in [-0.2, 0) is 6.18 Å². The quantitative estimate of drug-likeness (QED) is 0.671. The van der Waals surface area contributed by atoms with Gasteiger partial charge in [-0.3, -0.25) is 9.20 Å². The van der Waals surface area contributed by atoms with Crippen molar-refractivity contribution in [3.8, 4) is 11.3 Å². The van der Waals surface area contributed by atoms with Gasteiger partial charge in [0.15, 0.2) is 4.96 Å². The fraction of sp³-hybridized carbons (Fsp3) is 0.250. The van der Waals surface area contributed by atoms with Crippen LogP contribution in [0, 0.1) is 0 Å². The fourth-order valence-corrected chi connectivity index (χ4v) is 3.46. The number of hydrogen-bond donors (Lipinski definition) is 1. The molecule has 1 aromatic carbocycles. The average molecular weight is 385 g/mol. The van der Waals surface area contributed by atoms with Gasteiger partial charge in [0.05, 0.1) is 11.3 Å². The number of carbonyl (C=O) groups is 1. The minimum atomic E-state index is -4.41. The molecule has 25 heavy (non-hydrogen) atoms. The predicted molar refractivity (Wildman–Crippen MR) is 94.2 cm³/mol. The molecule has 0 saturated heterocycles. The summed E-state index contributed by atoms with van der Waals surface area (Å²) < 4.78 is 40.2. The van der Waals surface area contributed by atoms with Gasteiger partial charge < -0.3 is 5.32 Å². The molecule has 0 bridgehead atoms. The summed E-state index contributed by atoms with van der Waals surface area (Å²) in [7, 11) is 0. The first-order chi connectivity index (χ1) is 11.9. The van der Waals surface area contributed by atoms with Gasteiger partial charge in [0.25, 0.3) is 5.91 Å². The number of aromatic nitrogens is 2. The van der Waals surface area contributed by atoms with E-state index in [1.807, 2.05) is 6.26 Å². The van der Waals surface area contributed by atoms with Crippen molar-refractivity contribution in [2.75, 3.05) is 18.6 Å². The first-order valence-electron chi connectivity index (χ1n) is 7.31. The van der Waals surface area contributed by atoms with Crippen molar-refractivity contribution in [3.63, 3.8) is 0 Å². The van der Waals surface area contributed by atoms with Gasteiger partial charge in [-0.25, -0.2) is 4.98 Å². The average Bonchev–Trinajstić information content (AvgIpc) is 3.14. The van der Waals surface area contributed by atoms with Crippen LogP contribution in [0.2, 0.25) is 0 Å². The lowest BCUT2D eigenvalue weighted by Crippen LogP contribution is -2.26. The second kappa shape index (κ2) is 7.09. The second-order valence-electron chi connectivity index (χ2n) is 5.23. The van der Waals surface area contributed by atoms with E-state index in [9.17, 15) is 18.0 Å². The number of carbonyl (C=O) groups excluding carboxylic acids is 1. The molecule has 0 aliphatic rings. The van der Waals surface area contributed by atoms with E-state index in [0.29, 0.717) is 28.5 Å². The smallest absolute Gasteiger partial charge is 0.350 e. The monoisotopic (exact) mass is 385 g/mol. The van der Waals surface area contributed by atoms with Gasteiger partial charge >= 0.3 is 6.18 Å². The predicted octanol–water partition coefficient (Wildman–Crippen LogP) is 4.17. The summed E-state index contributed by atoms with van der Waals surface area (Å²) in [6.45, 7) is 0.548. The van der Waals surface area contributed by atoms with Gasteiger partial charge in [-0.2, -0.15) is 24.9 Å². The van der Waals surface area contributed by atoms with Crippen molar-refractivity contribution in [1.82, 2.24) is 14.7 Å². The van der Waals surface area contributed by atoms with Crippen molar-refractivity contribution in [1.29, 1.82) is 0 Å². The highest BCUT2D eigenvalue weighted by Crippen LogP contribution is 2.32. The summed E-state index contributed by atoms with van der Waals surface area (Å²) in [4.78, 5) is 17.1. The van der Waals surface area contributed by atoms with Gasteiger partial charge in [-0.05, 0) is 18.4 Å². The molecule has 132 valence electrons. The first kappa shape index (κ1) is 17.8. The molecule has 0 aliphatic heterocycles. The lowest BCUT2D eigenvalue weighted by atomic mass is 10.1. The van der Waals surface area contributed by atoms with Crippen LogP contribution in [0.5, 0.6) is 0 Å². The van der Waals surface area contributed by atoms with E-state index in [1.165, 1.54) is 17.4 Å². The maximum Gasteiger partial charge on any atom is 0.416 e. The Morgan fingerprint density at radius 3 is 2.92 bits per heavy atom. The van der Waals surface area contributed by atoms with Gasteiger partial charge in [0.2, 0.25) is 0 Å². The molecule has 0 saturated carbocycles. The minimum Gasteiger partial charge on any atom is -0.350 e. The molecule has 1 amide bonds. The highest BCUT2D eigenvalue weighted by molar-refractivity contribution is 7.98. The zero-order chi connectivity index (χ0) is 18.0. The molecule has 4 nitrogen and oxygen atoms in total. The number of rotatable bonds is 5. The summed E-state index contributed by atoms with van der Waals surface area (Å²) in [6.07, 6.45) is -0.869. The third kappa shape index (κ3) is 3.82. The third-order valence-corrected chi connectivity index (χ3v) is 4.97. The summed E-state index contributed by atoms with van der Waals surface area (Å²) in [6, 6.07) is 5.00. The molecule has 0 spiro atoms. The van der Waals surface area contributed by atoms with Crippen LogP contribution >= 0.6 is 23.1 Å². The molecule has 1 N–H and O–H groups in total. The largest absolute Gasteiger partial charge is 0.416 e. The summed E-state index contributed by atoms with van der Waals surface area (Å²) >= 11 is 2.90. The van der Waals surface area contributed by atoms with E-state index in [-0.39, 0.29) is 5.91 Å².